The summed E-state index contributed by atoms with van der Waals surface area (Å²) in [5.74, 6) is 1.43. The second-order valence-corrected chi connectivity index (χ2v) is 5.78. The third-order valence-electron chi connectivity index (χ3n) is 3.06. The van der Waals surface area contributed by atoms with Gasteiger partial charge in [0, 0.05) is 23.7 Å². The first-order chi connectivity index (χ1) is 7.20. The molecular formula is C11H17ClN2S. The molecule has 4 heteroatoms. The highest BCUT2D eigenvalue weighted by Crippen LogP contribution is 2.31. The van der Waals surface area contributed by atoms with Gasteiger partial charge in [-0.05, 0) is 25.7 Å². The van der Waals surface area contributed by atoms with Gasteiger partial charge in [0.1, 0.15) is 0 Å². The van der Waals surface area contributed by atoms with Crippen molar-refractivity contribution < 1.29 is 0 Å². The topological polar surface area (TPSA) is 16.1 Å². The number of aromatic nitrogens is 1. The fraction of sp³-hybridized carbons (Fsp3) is 0.727. The summed E-state index contributed by atoms with van der Waals surface area (Å²) in [6.07, 6.45) is 4.45. The van der Waals surface area contributed by atoms with Gasteiger partial charge in [-0.3, -0.25) is 0 Å². The molecule has 15 heavy (non-hydrogen) atoms. The van der Waals surface area contributed by atoms with Crippen molar-refractivity contribution >= 4 is 28.1 Å². The third-order valence-corrected chi connectivity index (χ3v) is 4.54. The van der Waals surface area contributed by atoms with Gasteiger partial charge in [-0.1, -0.05) is 6.92 Å². The molecule has 1 fully saturated rings. The molecule has 0 amide bonds. The van der Waals surface area contributed by atoms with E-state index in [-0.39, 0.29) is 0 Å². The summed E-state index contributed by atoms with van der Waals surface area (Å²) in [5.41, 5.74) is 0. The third kappa shape index (κ3) is 2.45. The average Bonchev–Trinajstić information content (AvgIpc) is 2.66. The van der Waals surface area contributed by atoms with Gasteiger partial charge in [-0.15, -0.1) is 22.9 Å². The predicted octanol–water partition coefficient (Wildman–Crippen LogP) is 3.51. The van der Waals surface area contributed by atoms with Crippen LogP contribution in [0.25, 0.3) is 0 Å². The van der Waals surface area contributed by atoms with E-state index in [0.717, 1.165) is 22.5 Å². The summed E-state index contributed by atoms with van der Waals surface area (Å²) in [6, 6.07) is 0.614. The summed E-state index contributed by atoms with van der Waals surface area (Å²) >= 11 is 7.52. The molecule has 0 spiro atoms. The molecule has 1 aromatic heterocycles. The van der Waals surface area contributed by atoms with Crippen molar-refractivity contribution in [3.05, 3.63) is 11.1 Å². The summed E-state index contributed by atoms with van der Waals surface area (Å²) in [6.45, 7) is 5.76. The first-order valence-electron chi connectivity index (χ1n) is 5.48. The van der Waals surface area contributed by atoms with Crippen LogP contribution in [0.3, 0.4) is 0 Å². The van der Waals surface area contributed by atoms with Crippen molar-refractivity contribution in [2.75, 3.05) is 11.4 Å². The van der Waals surface area contributed by atoms with E-state index in [2.05, 4.69) is 23.7 Å². The van der Waals surface area contributed by atoms with Gasteiger partial charge in [0.15, 0.2) is 5.13 Å². The van der Waals surface area contributed by atoms with Crippen LogP contribution in [0.1, 0.15) is 31.6 Å². The van der Waals surface area contributed by atoms with Crippen LogP contribution in [-0.2, 0) is 5.88 Å². The number of hydrogen-bond acceptors (Lipinski definition) is 3. The molecule has 2 heterocycles. The molecule has 0 saturated carbocycles. The molecule has 1 aromatic rings. The molecule has 0 bridgehead atoms. The first-order valence-corrected chi connectivity index (χ1v) is 6.83. The standard InChI is InChI=1S/C11H17ClN2S/c1-8-3-4-14(9(2)5-8)11-13-7-10(6-12)15-11/h7-9H,3-6H2,1-2H3. The van der Waals surface area contributed by atoms with Gasteiger partial charge in [0.05, 0.1) is 5.88 Å². The van der Waals surface area contributed by atoms with E-state index in [1.54, 1.807) is 11.3 Å². The molecule has 0 aromatic carbocycles. The lowest BCUT2D eigenvalue weighted by Crippen LogP contribution is -2.40. The minimum absolute atomic E-state index is 0.580. The SMILES string of the molecule is CC1CCN(c2ncc(CCl)s2)C(C)C1. The van der Waals surface area contributed by atoms with Gasteiger partial charge < -0.3 is 4.90 Å². The van der Waals surface area contributed by atoms with Crippen LogP contribution in [0.15, 0.2) is 6.20 Å². The normalized spacial score (nSPS) is 27.0. The van der Waals surface area contributed by atoms with Crippen LogP contribution in [0, 0.1) is 5.92 Å². The predicted molar refractivity (Wildman–Crippen MR) is 66.9 cm³/mol. The smallest absolute Gasteiger partial charge is 0.185 e. The zero-order chi connectivity index (χ0) is 10.8. The molecule has 0 N–H and O–H groups in total. The molecule has 2 unspecified atom stereocenters. The van der Waals surface area contributed by atoms with Crippen LogP contribution in [0.4, 0.5) is 5.13 Å². The largest absolute Gasteiger partial charge is 0.345 e. The highest BCUT2D eigenvalue weighted by molar-refractivity contribution is 7.15. The quantitative estimate of drug-likeness (QED) is 0.741. The van der Waals surface area contributed by atoms with E-state index in [4.69, 9.17) is 11.6 Å². The Morgan fingerprint density at radius 1 is 1.60 bits per heavy atom. The zero-order valence-corrected chi connectivity index (χ0v) is 10.8. The molecule has 1 aliphatic heterocycles. The number of piperidine rings is 1. The Labute approximate surface area is 100 Å². The molecule has 84 valence electrons. The molecule has 1 aliphatic rings. The summed E-state index contributed by atoms with van der Waals surface area (Å²) in [7, 11) is 0. The Hall–Kier alpha value is -0.280. The van der Waals surface area contributed by atoms with Crippen LogP contribution < -0.4 is 4.90 Å². The summed E-state index contributed by atoms with van der Waals surface area (Å²) < 4.78 is 0. The maximum atomic E-state index is 5.79. The maximum absolute atomic E-state index is 5.79. The summed E-state index contributed by atoms with van der Waals surface area (Å²) in [4.78, 5) is 8.03. The van der Waals surface area contributed by atoms with E-state index in [9.17, 15) is 0 Å². The lowest BCUT2D eigenvalue weighted by molar-refractivity contribution is 0.377. The van der Waals surface area contributed by atoms with Crippen molar-refractivity contribution in [1.82, 2.24) is 4.98 Å². The summed E-state index contributed by atoms with van der Waals surface area (Å²) in [5, 5.41) is 1.14. The fourth-order valence-electron chi connectivity index (χ4n) is 2.18. The van der Waals surface area contributed by atoms with Crippen molar-refractivity contribution in [1.29, 1.82) is 0 Å². The highest BCUT2D eigenvalue weighted by Gasteiger charge is 2.24. The molecule has 0 radical (unpaired) electrons. The monoisotopic (exact) mass is 244 g/mol. The Morgan fingerprint density at radius 3 is 3.00 bits per heavy atom. The number of alkyl halides is 1. The Morgan fingerprint density at radius 2 is 2.40 bits per heavy atom. The Bertz CT molecular complexity index is 326. The molecule has 2 atom stereocenters. The first kappa shape index (κ1) is 11.2. The van der Waals surface area contributed by atoms with Crippen molar-refractivity contribution in [3.8, 4) is 0 Å². The van der Waals surface area contributed by atoms with Crippen LogP contribution in [-0.4, -0.2) is 17.6 Å². The Kier molecular flexibility index (Phi) is 3.52. The van der Waals surface area contributed by atoms with Gasteiger partial charge in [0.2, 0.25) is 0 Å². The maximum Gasteiger partial charge on any atom is 0.185 e. The van der Waals surface area contributed by atoms with E-state index in [0.29, 0.717) is 11.9 Å². The molecule has 2 rings (SSSR count). The van der Waals surface area contributed by atoms with Crippen molar-refractivity contribution in [2.24, 2.45) is 5.92 Å². The number of rotatable bonds is 2. The highest BCUT2D eigenvalue weighted by atomic mass is 35.5. The van der Waals surface area contributed by atoms with E-state index in [1.807, 2.05) is 6.20 Å². The van der Waals surface area contributed by atoms with Gasteiger partial charge in [0.25, 0.3) is 0 Å². The Balaban J connectivity index is 2.09. The lowest BCUT2D eigenvalue weighted by Gasteiger charge is -2.36. The number of hydrogen-bond donors (Lipinski definition) is 0. The van der Waals surface area contributed by atoms with Crippen molar-refractivity contribution in [2.45, 2.75) is 38.6 Å². The van der Waals surface area contributed by atoms with Crippen LogP contribution in [0.2, 0.25) is 0 Å². The van der Waals surface area contributed by atoms with Crippen LogP contribution in [0.5, 0.6) is 0 Å². The molecule has 0 aliphatic carbocycles. The molecular weight excluding hydrogens is 228 g/mol. The molecule has 2 nitrogen and oxygen atoms in total. The van der Waals surface area contributed by atoms with E-state index in [1.165, 1.54) is 12.8 Å². The lowest BCUT2D eigenvalue weighted by atomic mass is 9.94. The number of anilines is 1. The van der Waals surface area contributed by atoms with Crippen molar-refractivity contribution in [3.63, 3.8) is 0 Å². The van der Waals surface area contributed by atoms with Gasteiger partial charge >= 0.3 is 0 Å². The van der Waals surface area contributed by atoms with E-state index < -0.39 is 0 Å². The minimum Gasteiger partial charge on any atom is -0.345 e. The van der Waals surface area contributed by atoms with Crippen LogP contribution >= 0.6 is 22.9 Å². The number of nitrogens with zero attached hydrogens (tertiary/aromatic N) is 2. The zero-order valence-electron chi connectivity index (χ0n) is 9.24. The van der Waals surface area contributed by atoms with Gasteiger partial charge in [-0.25, -0.2) is 4.98 Å². The molecule has 1 saturated heterocycles. The average molecular weight is 245 g/mol. The minimum atomic E-state index is 0.580. The van der Waals surface area contributed by atoms with E-state index >= 15 is 0 Å². The number of thiazole rings is 1. The second kappa shape index (κ2) is 4.71. The second-order valence-electron chi connectivity index (χ2n) is 4.41. The van der Waals surface area contributed by atoms with Gasteiger partial charge in [-0.2, -0.15) is 0 Å². The number of halogens is 1. The fourth-order valence-corrected chi connectivity index (χ4v) is 3.30.